The van der Waals surface area contributed by atoms with Gasteiger partial charge in [0.05, 0.1) is 11.8 Å². The number of carbonyl (C=O) groups excluding carboxylic acids is 1. The quantitative estimate of drug-likeness (QED) is 0.343. The molecule has 0 saturated carbocycles. The van der Waals surface area contributed by atoms with Crippen LogP contribution in [0.3, 0.4) is 0 Å². The summed E-state index contributed by atoms with van der Waals surface area (Å²) in [7, 11) is 2.17. The van der Waals surface area contributed by atoms with Gasteiger partial charge >= 0.3 is 0 Å². The summed E-state index contributed by atoms with van der Waals surface area (Å²) in [4.78, 5) is 28.7. The van der Waals surface area contributed by atoms with Gasteiger partial charge in [-0.05, 0) is 81.1 Å². The second-order valence-corrected chi connectivity index (χ2v) is 9.70. The van der Waals surface area contributed by atoms with Crippen LogP contribution in [0.25, 0.3) is 0 Å². The van der Waals surface area contributed by atoms with E-state index in [-0.39, 0.29) is 11.5 Å². The Balaban J connectivity index is 1.36. The van der Waals surface area contributed by atoms with E-state index in [0.717, 1.165) is 30.8 Å². The lowest BCUT2D eigenvalue weighted by molar-refractivity contribution is 0.0958. The summed E-state index contributed by atoms with van der Waals surface area (Å²) in [5.74, 6) is 1.45. The van der Waals surface area contributed by atoms with Gasteiger partial charge in [-0.15, -0.1) is 6.58 Å². The standard InChI is InChI=1S/C28H33N7O2/c1-3-14-29-27(37)22-17-30-28(31-21-8-4-18(5-9-21)19-12-15-35(2)16-13-19)34-26(22)33-24-11-7-20-6-10-23(36)25(20)32-24/h3-5,7-9,11,17,19,23,36H,1,6,10,12-16H2,2H3,(H,29,37)(H2,30,31,32,33,34). The molecular formula is C28H33N7O2. The van der Waals surface area contributed by atoms with Gasteiger partial charge in [-0.3, -0.25) is 4.79 Å². The van der Waals surface area contributed by atoms with E-state index in [2.05, 4.69) is 61.6 Å². The Morgan fingerprint density at radius 1 is 1.11 bits per heavy atom. The first-order chi connectivity index (χ1) is 18.0. The van der Waals surface area contributed by atoms with Gasteiger partial charge in [0.25, 0.3) is 5.91 Å². The highest BCUT2D eigenvalue weighted by Gasteiger charge is 2.23. The Morgan fingerprint density at radius 3 is 2.65 bits per heavy atom. The van der Waals surface area contributed by atoms with Crippen molar-refractivity contribution in [2.45, 2.75) is 37.7 Å². The molecule has 1 fully saturated rings. The van der Waals surface area contributed by atoms with Crippen LogP contribution in [0, 0.1) is 0 Å². The zero-order chi connectivity index (χ0) is 25.8. The number of rotatable bonds is 8. The Labute approximate surface area is 217 Å². The van der Waals surface area contributed by atoms with Gasteiger partial charge < -0.3 is 26.0 Å². The highest BCUT2D eigenvalue weighted by molar-refractivity contribution is 5.99. The fourth-order valence-corrected chi connectivity index (χ4v) is 4.90. The molecule has 0 bridgehead atoms. The van der Waals surface area contributed by atoms with Crippen LogP contribution in [0.5, 0.6) is 0 Å². The van der Waals surface area contributed by atoms with E-state index in [1.165, 1.54) is 24.6 Å². The summed E-state index contributed by atoms with van der Waals surface area (Å²) < 4.78 is 0. The second kappa shape index (κ2) is 11.1. The maximum absolute atomic E-state index is 12.8. The van der Waals surface area contributed by atoms with Crippen LogP contribution in [0.1, 0.15) is 58.5 Å². The number of nitrogens with one attached hydrogen (secondary N) is 3. The average molecular weight is 500 g/mol. The van der Waals surface area contributed by atoms with Crippen LogP contribution in [-0.2, 0) is 6.42 Å². The van der Waals surface area contributed by atoms with E-state index in [1.54, 1.807) is 6.08 Å². The molecule has 1 aromatic carbocycles. The number of aromatic nitrogens is 3. The van der Waals surface area contributed by atoms with Gasteiger partial charge in [0.15, 0.2) is 0 Å². The van der Waals surface area contributed by atoms with Crippen LogP contribution >= 0.6 is 0 Å². The zero-order valence-electron chi connectivity index (χ0n) is 21.1. The SMILES string of the molecule is C=CCNC(=O)c1cnc(Nc2ccc(C3CCN(C)CC3)cc2)nc1Nc1ccc2c(n1)C(O)CC2. The summed E-state index contributed by atoms with van der Waals surface area (Å²) in [5, 5.41) is 19.4. The fourth-order valence-electron chi connectivity index (χ4n) is 4.90. The number of fused-ring (bicyclic) bond motifs is 1. The number of anilines is 4. The number of hydrogen-bond donors (Lipinski definition) is 4. The van der Waals surface area contributed by atoms with Crippen molar-refractivity contribution in [1.82, 2.24) is 25.2 Å². The van der Waals surface area contributed by atoms with Gasteiger partial charge in [-0.2, -0.15) is 4.98 Å². The van der Waals surface area contributed by atoms with Gasteiger partial charge in [-0.1, -0.05) is 24.3 Å². The van der Waals surface area contributed by atoms with E-state index in [0.29, 0.717) is 42.2 Å². The van der Waals surface area contributed by atoms with Crippen molar-refractivity contribution >= 4 is 29.2 Å². The summed E-state index contributed by atoms with van der Waals surface area (Å²) >= 11 is 0. The van der Waals surface area contributed by atoms with E-state index in [9.17, 15) is 9.90 Å². The van der Waals surface area contributed by atoms with Crippen molar-refractivity contribution in [3.05, 3.63) is 77.6 Å². The van der Waals surface area contributed by atoms with E-state index in [4.69, 9.17) is 0 Å². The maximum Gasteiger partial charge on any atom is 0.256 e. The highest BCUT2D eigenvalue weighted by atomic mass is 16.3. The highest BCUT2D eigenvalue weighted by Crippen LogP contribution is 2.32. The molecule has 0 spiro atoms. The molecule has 0 radical (unpaired) electrons. The summed E-state index contributed by atoms with van der Waals surface area (Å²) in [6.45, 7) is 6.22. The zero-order valence-corrected chi connectivity index (χ0v) is 21.1. The van der Waals surface area contributed by atoms with Crippen LogP contribution in [0.2, 0.25) is 0 Å². The van der Waals surface area contributed by atoms with Crippen molar-refractivity contribution in [3.63, 3.8) is 0 Å². The number of benzene rings is 1. The molecule has 1 unspecified atom stereocenters. The normalized spacial score (nSPS) is 17.7. The van der Waals surface area contributed by atoms with Crippen molar-refractivity contribution in [2.24, 2.45) is 0 Å². The third-order valence-corrected chi connectivity index (χ3v) is 7.06. The largest absolute Gasteiger partial charge is 0.387 e. The lowest BCUT2D eigenvalue weighted by Gasteiger charge is -2.29. The first-order valence-electron chi connectivity index (χ1n) is 12.8. The Bertz CT molecular complexity index is 1270. The number of piperidine rings is 1. The van der Waals surface area contributed by atoms with E-state index in [1.807, 2.05) is 24.3 Å². The lowest BCUT2D eigenvalue weighted by atomic mass is 9.89. The molecule has 192 valence electrons. The molecule has 3 aromatic rings. The number of aryl methyl sites for hydroxylation is 1. The number of amides is 1. The maximum atomic E-state index is 12.8. The predicted octanol–water partition coefficient (Wildman–Crippen LogP) is 4.06. The van der Waals surface area contributed by atoms with Crippen molar-refractivity contribution in [1.29, 1.82) is 0 Å². The van der Waals surface area contributed by atoms with E-state index < -0.39 is 6.10 Å². The van der Waals surface area contributed by atoms with Crippen molar-refractivity contribution in [3.8, 4) is 0 Å². The third-order valence-electron chi connectivity index (χ3n) is 7.06. The Hall–Kier alpha value is -3.82. The molecule has 1 amide bonds. The van der Waals surface area contributed by atoms with Gasteiger partial charge in [-0.25, -0.2) is 9.97 Å². The van der Waals surface area contributed by atoms with Crippen LogP contribution < -0.4 is 16.0 Å². The first-order valence-corrected chi connectivity index (χ1v) is 12.8. The second-order valence-electron chi connectivity index (χ2n) is 9.70. The number of hydrogen-bond acceptors (Lipinski definition) is 8. The number of likely N-dealkylation sites (tertiary alicyclic amines) is 1. The molecule has 1 atom stereocenters. The average Bonchev–Trinajstić information content (AvgIpc) is 3.28. The summed E-state index contributed by atoms with van der Waals surface area (Å²) in [5.41, 5.74) is 4.20. The number of nitrogens with zero attached hydrogens (tertiary/aromatic N) is 4. The topological polar surface area (TPSA) is 115 Å². The summed E-state index contributed by atoms with van der Waals surface area (Å²) in [6.07, 6.45) is 6.34. The molecule has 1 saturated heterocycles. The summed E-state index contributed by atoms with van der Waals surface area (Å²) in [6, 6.07) is 12.2. The monoisotopic (exact) mass is 499 g/mol. The molecule has 3 heterocycles. The number of aliphatic hydroxyl groups is 1. The number of pyridine rings is 1. The smallest absolute Gasteiger partial charge is 0.256 e. The molecule has 9 nitrogen and oxygen atoms in total. The van der Waals surface area contributed by atoms with Gasteiger partial charge in [0.1, 0.15) is 17.2 Å². The Kier molecular flexibility index (Phi) is 7.43. The molecule has 5 rings (SSSR count). The number of carbonyl (C=O) groups is 1. The minimum atomic E-state index is -0.577. The van der Waals surface area contributed by atoms with E-state index >= 15 is 0 Å². The van der Waals surface area contributed by atoms with Crippen LogP contribution in [0.15, 0.2) is 55.3 Å². The number of aliphatic hydroxyl groups excluding tert-OH is 1. The van der Waals surface area contributed by atoms with Gasteiger partial charge in [0, 0.05) is 18.4 Å². The Morgan fingerprint density at radius 2 is 1.89 bits per heavy atom. The third kappa shape index (κ3) is 5.79. The van der Waals surface area contributed by atoms with Crippen LogP contribution in [0.4, 0.5) is 23.3 Å². The minimum absolute atomic E-state index is 0.285. The molecule has 2 aliphatic rings. The van der Waals surface area contributed by atoms with Crippen molar-refractivity contribution in [2.75, 3.05) is 37.3 Å². The molecular weight excluding hydrogens is 466 g/mol. The molecule has 4 N–H and O–H groups in total. The van der Waals surface area contributed by atoms with Crippen LogP contribution in [-0.4, -0.2) is 57.5 Å². The molecule has 9 heteroatoms. The molecule has 37 heavy (non-hydrogen) atoms. The first kappa shape index (κ1) is 24.9. The molecule has 2 aromatic heterocycles. The molecule has 1 aliphatic heterocycles. The lowest BCUT2D eigenvalue weighted by Crippen LogP contribution is -2.29. The minimum Gasteiger partial charge on any atom is -0.387 e. The molecule has 1 aliphatic carbocycles. The van der Waals surface area contributed by atoms with Gasteiger partial charge in [0.2, 0.25) is 5.95 Å². The van der Waals surface area contributed by atoms with Crippen molar-refractivity contribution < 1.29 is 9.90 Å². The fraction of sp³-hybridized carbons (Fsp3) is 0.357. The predicted molar refractivity (Wildman–Crippen MR) is 145 cm³/mol.